The van der Waals surface area contributed by atoms with Crippen LogP contribution in [0, 0.1) is 28.1 Å². The Morgan fingerprint density at radius 3 is 2.06 bits per heavy atom. The molecule has 0 spiro atoms. The molecule has 0 aromatic carbocycles. The fraction of sp³-hybridized carbons (Fsp3) is 0.794. The monoisotopic (exact) mass is 709 g/mol. The van der Waals surface area contributed by atoms with Gasteiger partial charge in [0.05, 0.1) is 6.04 Å². The maximum absolute atomic E-state index is 14.3. The predicted molar refractivity (Wildman–Crippen MR) is 187 cm³/mol. The predicted octanol–water partition coefficient (Wildman–Crippen LogP) is 1.63. The average molecular weight is 710 g/mol. The Bertz CT molecular complexity index is 1410. The van der Waals surface area contributed by atoms with Crippen molar-refractivity contribution in [3.63, 3.8) is 0 Å². The fourth-order valence-electron chi connectivity index (χ4n) is 6.71. The second kappa shape index (κ2) is 14.7. The van der Waals surface area contributed by atoms with Gasteiger partial charge in [-0.3, -0.25) is 19.2 Å². The molecule has 1 unspecified atom stereocenters. The number of hydrogen-bond donors (Lipinski definition) is 4. The summed E-state index contributed by atoms with van der Waals surface area (Å²) in [4.78, 5) is 68.5. The Balaban J connectivity index is 1.80. The van der Waals surface area contributed by atoms with Crippen molar-refractivity contribution in [2.45, 2.75) is 112 Å². The van der Waals surface area contributed by atoms with E-state index >= 15 is 0 Å². The number of carbonyl (C=O) groups excluding carboxylic acids is 5. The molecule has 15 heteroatoms. The molecule has 3 fully saturated rings. The first-order chi connectivity index (χ1) is 22.4. The van der Waals surface area contributed by atoms with Crippen molar-refractivity contribution in [3.05, 3.63) is 12.7 Å². The first-order valence-corrected chi connectivity index (χ1v) is 18.6. The summed E-state index contributed by atoms with van der Waals surface area (Å²) in [7, 11) is -0.686. The molecule has 2 saturated carbocycles. The Hall–Kier alpha value is -3.04. The van der Waals surface area contributed by atoms with Crippen LogP contribution < -0.4 is 21.3 Å². The van der Waals surface area contributed by atoms with Crippen molar-refractivity contribution in [3.8, 4) is 0 Å². The number of amides is 5. The lowest BCUT2D eigenvalue weighted by molar-refractivity contribution is -0.145. The van der Waals surface area contributed by atoms with Crippen LogP contribution in [0.25, 0.3) is 0 Å². The molecule has 0 bridgehead atoms. The molecule has 0 aromatic rings. The van der Waals surface area contributed by atoms with Crippen molar-refractivity contribution >= 4 is 39.7 Å². The highest BCUT2D eigenvalue weighted by Gasteiger charge is 2.70. The second-order valence-corrected chi connectivity index (χ2v) is 18.7. The van der Waals surface area contributed by atoms with E-state index in [-0.39, 0.29) is 42.8 Å². The smallest absolute Gasteiger partial charge is 0.315 e. The number of carbonyl (C=O) groups is 5. The first-order valence-electron chi connectivity index (χ1n) is 17.2. The number of urea groups is 1. The molecule has 278 valence electrons. The van der Waals surface area contributed by atoms with Gasteiger partial charge in [0.2, 0.25) is 17.6 Å². The summed E-state index contributed by atoms with van der Waals surface area (Å²) in [6.07, 6.45) is 3.26. The summed E-state index contributed by atoms with van der Waals surface area (Å²) < 4.78 is 28.9. The van der Waals surface area contributed by atoms with Crippen LogP contribution in [0.4, 0.5) is 4.79 Å². The molecule has 0 aromatic heterocycles. The van der Waals surface area contributed by atoms with Gasteiger partial charge in [0.1, 0.15) is 12.1 Å². The van der Waals surface area contributed by atoms with Crippen molar-refractivity contribution < 1.29 is 32.4 Å². The minimum absolute atomic E-state index is 0.0141. The normalized spacial score (nSPS) is 23.6. The molecular weight excluding hydrogens is 650 g/mol. The number of Topliss-reactive ketones (excluding diaryl/α,β-unsaturated/α-hetero) is 1. The van der Waals surface area contributed by atoms with E-state index in [1.165, 1.54) is 26.6 Å². The SMILES string of the molecule is C=CCNC(=O)C(=O)C(CC)NC(=O)[C@@H]1[C@@H]2[C@H](CN1C(=O)[C@@H](NC(=O)N[C@H](CN(C)S(=O)(=O)N(C)C1CC1)C(C)(C)C)C(C)(C)C)C2(C)C. The number of fused-ring (bicyclic) bond motifs is 1. The standard InChI is InChI=1S/C34H59N7O7S/c1-13-17-35-29(44)26(42)22(14-2)36-28(43)25-24-21(34(24,9)10)18-41(25)30(45)27(33(6,7)8)38-31(46)37-23(32(3,4)5)19-39(11)49(47,48)40(12)20-15-16-20/h13,20-25,27H,1,14-19H2,2-12H3,(H,35,44)(H,36,43)(H2,37,38,46)/t21-,22?,23+,24-,25-,27+/m0/s1. The third-order valence-electron chi connectivity index (χ3n) is 10.4. The number of nitrogens with one attached hydrogen (secondary N) is 4. The van der Waals surface area contributed by atoms with Crippen molar-refractivity contribution in [1.29, 1.82) is 0 Å². The minimum atomic E-state index is -3.74. The fourth-order valence-corrected chi connectivity index (χ4v) is 8.08. The molecule has 3 aliphatic rings. The first kappa shape index (κ1) is 40.4. The summed E-state index contributed by atoms with van der Waals surface area (Å²) in [5.41, 5.74) is -1.53. The molecule has 4 N–H and O–H groups in total. The van der Waals surface area contributed by atoms with E-state index in [0.29, 0.717) is 6.54 Å². The van der Waals surface area contributed by atoms with E-state index in [1.54, 1.807) is 14.0 Å². The lowest BCUT2D eigenvalue weighted by Gasteiger charge is -2.39. The van der Waals surface area contributed by atoms with Gasteiger partial charge < -0.3 is 26.2 Å². The van der Waals surface area contributed by atoms with Crippen molar-refractivity contribution in [2.24, 2.45) is 28.1 Å². The van der Waals surface area contributed by atoms with Crippen LogP contribution in [0.1, 0.15) is 81.6 Å². The summed E-state index contributed by atoms with van der Waals surface area (Å²) >= 11 is 0. The van der Waals surface area contributed by atoms with Crippen LogP contribution in [0.3, 0.4) is 0 Å². The molecule has 5 amide bonds. The van der Waals surface area contributed by atoms with E-state index in [4.69, 9.17) is 0 Å². The van der Waals surface area contributed by atoms with Crippen LogP contribution in [0.15, 0.2) is 12.7 Å². The Morgan fingerprint density at radius 1 is 0.980 bits per heavy atom. The van der Waals surface area contributed by atoms with Crippen molar-refractivity contribution in [1.82, 2.24) is 34.8 Å². The number of likely N-dealkylation sites (tertiary alicyclic amines) is 1. The summed E-state index contributed by atoms with van der Waals surface area (Å²) in [5.74, 6) is -2.68. The highest BCUT2D eigenvalue weighted by atomic mass is 32.2. The zero-order valence-electron chi connectivity index (χ0n) is 31.2. The van der Waals surface area contributed by atoms with Crippen LogP contribution in [0.2, 0.25) is 0 Å². The molecule has 1 aliphatic heterocycles. The molecule has 1 saturated heterocycles. The van der Waals surface area contributed by atoms with Crippen LogP contribution in [-0.2, 0) is 29.4 Å². The number of ketones is 1. The third-order valence-corrected chi connectivity index (χ3v) is 12.4. The number of piperidine rings is 1. The van der Waals surface area contributed by atoms with E-state index < -0.39 is 74.7 Å². The molecule has 1 heterocycles. The molecule has 2 aliphatic carbocycles. The third kappa shape index (κ3) is 9.01. The Kier molecular flexibility index (Phi) is 12.1. The largest absolute Gasteiger partial charge is 0.346 e. The molecule has 14 nitrogen and oxygen atoms in total. The van der Waals surface area contributed by atoms with Gasteiger partial charge in [-0.05, 0) is 47.3 Å². The molecule has 3 rings (SSSR count). The lowest BCUT2D eigenvalue weighted by atomic mass is 9.85. The van der Waals surface area contributed by atoms with E-state index in [0.717, 1.165) is 12.8 Å². The quantitative estimate of drug-likeness (QED) is 0.148. The average Bonchev–Trinajstić information content (AvgIpc) is 3.87. The van der Waals surface area contributed by atoms with Gasteiger partial charge >= 0.3 is 6.03 Å². The van der Waals surface area contributed by atoms with Gasteiger partial charge in [0.15, 0.2) is 0 Å². The van der Waals surface area contributed by atoms with Crippen LogP contribution >= 0.6 is 0 Å². The van der Waals surface area contributed by atoms with E-state index in [2.05, 4.69) is 27.8 Å². The highest BCUT2D eigenvalue weighted by Crippen LogP contribution is 2.65. The van der Waals surface area contributed by atoms with E-state index in [1.807, 2.05) is 55.4 Å². The van der Waals surface area contributed by atoms with E-state index in [9.17, 15) is 32.4 Å². The van der Waals surface area contributed by atoms with Crippen LogP contribution in [0.5, 0.6) is 0 Å². The van der Waals surface area contributed by atoms with Gasteiger partial charge in [0, 0.05) is 45.8 Å². The molecular formula is C34H59N7O7S. The summed E-state index contributed by atoms with van der Waals surface area (Å²) in [6, 6.07) is -4.27. The number of hydrogen-bond acceptors (Lipinski definition) is 7. The summed E-state index contributed by atoms with van der Waals surface area (Å²) in [6.45, 7) is 20.8. The van der Waals surface area contributed by atoms with Gasteiger partial charge in [0.25, 0.3) is 16.1 Å². The van der Waals surface area contributed by atoms with Gasteiger partial charge in [-0.25, -0.2) is 4.79 Å². The summed E-state index contributed by atoms with van der Waals surface area (Å²) in [5, 5.41) is 10.9. The zero-order valence-corrected chi connectivity index (χ0v) is 32.0. The Morgan fingerprint density at radius 2 is 1.57 bits per heavy atom. The molecule has 6 atom stereocenters. The number of nitrogens with zero attached hydrogens (tertiary/aromatic N) is 3. The maximum Gasteiger partial charge on any atom is 0.315 e. The number of rotatable bonds is 15. The molecule has 49 heavy (non-hydrogen) atoms. The van der Waals surface area contributed by atoms with Crippen molar-refractivity contribution in [2.75, 3.05) is 33.7 Å². The zero-order chi connectivity index (χ0) is 37.4. The molecule has 0 radical (unpaired) electrons. The van der Waals surface area contributed by atoms with Crippen LogP contribution in [-0.4, -0.2) is 115 Å². The second-order valence-electron chi connectivity index (χ2n) is 16.6. The van der Waals surface area contributed by atoms with Gasteiger partial charge in [-0.1, -0.05) is 68.4 Å². The van der Waals surface area contributed by atoms with Gasteiger partial charge in [-0.15, -0.1) is 6.58 Å². The maximum atomic E-state index is 14.3. The Labute approximate surface area is 292 Å². The topological polar surface area (TPSA) is 177 Å². The number of likely N-dealkylation sites (N-methyl/N-ethyl adjacent to an activating group) is 1. The van der Waals surface area contributed by atoms with Gasteiger partial charge in [-0.2, -0.15) is 17.0 Å². The highest BCUT2D eigenvalue weighted by molar-refractivity contribution is 7.86. The lowest BCUT2D eigenvalue weighted by Crippen LogP contribution is -2.63. The minimum Gasteiger partial charge on any atom is -0.346 e.